The largest absolute Gasteiger partial charge is 0.330 e. The van der Waals surface area contributed by atoms with Gasteiger partial charge in [0, 0.05) is 19.0 Å². The molecule has 1 atom stereocenters. The molecule has 0 amide bonds. The summed E-state index contributed by atoms with van der Waals surface area (Å²) in [5, 5.41) is 0. The van der Waals surface area contributed by atoms with E-state index in [2.05, 4.69) is 36.9 Å². The number of hydrogen-bond donors (Lipinski definition) is 1. The van der Waals surface area contributed by atoms with E-state index in [9.17, 15) is 0 Å². The predicted molar refractivity (Wildman–Crippen MR) is 73.4 cm³/mol. The van der Waals surface area contributed by atoms with Gasteiger partial charge in [-0.15, -0.1) is 0 Å². The van der Waals surface area contributed by atoms with Gasteiger partial charge in [0.2, 0.25) is 0 Å². The zero-order valence-electron chi connectivity index (χ0n) is 11.1. The molecule has 0 spiro atoms. The van der Waals surface area contributed by atoms with Crippen molar-refractivity contribution < 1.29 is 0 Å². The maximum Gasteiger partial charge on any atom is 0.00915 e. The molecule has 0 aliphatic carbocycles. The SMILES string of the molecule is Cc1ccc(C)c(C(CN)CN2CCCC2)c1. The van der Waals surface area contributed by atoms with Crippen molar-refractivity contribution in [2.45, 2.75) is 32.6 Å². The van der Waals surface area contributed by atoms with Gasteiger partial charge in [-0.05, 0) is 50.9 Å². The molecule has 1 aliphatic heterocycles. The molecule has 0 aromatic heterocycles. The fourth-order valence-electron chi connectivity index (χ4n) is 2.78. The first-order valence-corrected chi connectivity index (χ1v) is 6.70. The van der Waals surface area contributed by atoms with Crippen LogP contribution in [-0.4, -0.2) is 31.1 Å². The highest BCUT2D eigenvalue weighted by molar-refractivity contribution is 5.33. The van der Waals surface area contributed by atoms with Crippen molar-refractivity contribution in [3.05, 3.63) is 34.9 Å². The minimum absolute atomic E-state index is 0.494. The normalized spacial score (nSPS) is 18.5. The lowest BCUT2D eigenvalue weighted by molar-refractivity contribution is 0.315. The molecule has 1 heterocycles. The van der Waals surface area contributed by atoms with Crippen LogP contribution < -0.4 is 5.73 Å². The van der Waals surface area contributed by atoms with Gasteiger partial charge in [-0.25, -0.2) is 0 Å². The Kier molecular flexibility index (Phi) is 4.19. The number of rotatable bonds is 4. The zero-order chi connectivity index (χ0) is 12.3. The molecule has 2 rings (SSSR count). The minimum Gasteiger partial charge on any atom is -0.330 e. The third-order valence-electron chi connectivity index (χ3n) is 3.84. The molecule has 94 valence electrons. The average Bonchev–Trinajstić information content (AvgIpc) is 2.82. The maximum atomic E-state index is 5.98. The summed E-state index contributed by atoms with van der Waals surface area (Å²) >= 11 is 0. The Morgan fingerprint density at radius 3 is 2.59 bits per heavy atom. The van der Waals surface area contributed by atoms with Crippen molar-refractivity contribution in [3.8, 4) is 0 Å². The first-order valence-electron chi connectivity index (χ1n) is 6.70. The quantitative estimate of drug-likeness (QED) is 0.864. The van der Waals surface area contributed by atoms with Crippen LogP contribution in [0.2, 0.25) is 0 Å². The first kappa shape index (κ1) is 12.6. The molecule has 2 nitrogen and oxygen atoms in total. The van der Waals surface area contributed by atoms with Crippen LogP contribution in [0.15, 0.2) is 18.2 Å². The van der Waals surface area contributed by atoms with Crippen LogP contribution in [0.5, 0.6) is 0 Å². The number of hydrogen-bond acceptors (Lipinski definition) is 2. The molecule has 1 aromatic carbocycles. The van der Waals surface area contributed by atoms with Gasteiger partial charge in [-0.1, -0.05) is 23.8 Å². The summed E-state index contributed by atoms with van der Waals surface area (Å²) in [5.41, 5.74) is 10.1. The van der Waals surface area contributed by atoms with E-state index in [1.165, 1.54) is 42.6 Å². The van der Waals surface area contributed by atoms with Gasteiger partial charge in [0.15, 0.2) is 0 Å². The van der Waals surface area contributed by atoms with E-state index in [1.807, 2.05) is 0 Å². The Labute approximate surface area is 105 Å². The second-order valence-corrected chi connectivity index (χ2v) is 5.30. The molecule has 1 fully saturated rings. The molecule has 1 aromatic rings. The fourth-order valence-corrected chi connectivity index (χ4v) is 2.78. The highest BCUT2D eigenvalue weighted by Crippen LogP contribution is 2.23. The molecule has 1 aliphatic rings. The van der Waals surface area contributed by atoms with Gasteiger partial charge < -0.3 is 10.6 Å². The number of benzene rings is 1. The molecule has 1 unspecified atom stereocenters. The molecule has 0 saturated carbocycles. The Bertz CT molecular complexity index is 367. The van der Waals surface area contributed by atoms with Crippen molar-refractivity contribution in [3.63, 3.8) is 0 Å². The van der Waals surface area contributed by atoms with Crippen molar-refractivity contribution in [1.82, 2.24) is 4.90 Å². The van der Waals surface area contributed by atoms with Crippen molar-refractivity contribution >= 4 is 0 Å². The lowest BCUT2D eigenvalue weighted by Crippen LogP contribution is -2.30. The Hall–Kier alpha value is -0.860. The van der Waals surface area contributed by atoms with Gasteiger partial charge in [0.05, 0.1) is 0 Å². The molecule has 17 heavy (non-hydrogen) atoms. The summed E-state index contributed by atoms with van der Waals surface area (Å²) in [6.07, 6.45) is 2.70. The van der Waals surface area contributed by atoms with Gasteiger partial charge in [-0.3, -0.25) is 0 Å². The second kappa shape index (κ2) is 5.65. The summed E-state index contributed by atoms with van der Waals surface area (Å²) in [7, 11) is 0. The van der Waals surface area contributed by atoms with Crippen LogP contribution >= 0.6 is 0 Å². The molecule has 0 bridgehead atoms. The van der Waals surface area contributed by atoms with Crippen LogP contribution in [0.1, 0.15) is 35.4 Å². The van der Waals surface area contributed by atoms with E-state index in [4.69, 9.17) is 5.73 Å². The molecular weight excluding hydrogens is 208 g/mol. The second-order valence-electron chi connectivity index (χ2n) is 5.30. The van der Waals surface area contributed by atoms with Gasteiger partial charge in [-0.2, -0.15) is 0 Å². The smallest absolute Gasteiger partial charge is 0.00915 e. The fraction of sp³-hybridized carbons (Fsp3) is 0.600. The Morgan fingerprint density at radius 1 is 1.24 bits per heavy atom. The van der Waals surface area contributed by atoms with Crippen molar-refractivity contribution in [2.75, 3.05) is 26.2 Å². The topological polar surface area (TPSA) is 29.3 Å². The number of nitrogens with two attached hydrogens (primary N) is 1. The molecule has 2 N–H and O–H groups in total. The zero-order valence-corrected chi connectivity index (χ0v) is 11.1. The van der Waals surface area contributed by atoms with E-state index in [0.29, 0.717) is 5.92 Å². The van der Waals surface area contributed by atoms with Crippen molar-refractivity contribution in [2.24, 2.45) is 5.73 Å². The van der Waals surface area contributed by atoms with Crippen LogP contribution in [0.3, 0.4) is 0 Å². The minimum atomic E-state index is 0.494. The van der Waals surface area contributed by atoms with E-state index >= 15 is 0 Å². The highest BCUT2D eigenvalue weighted by atomic mass is 15.1. The van der Waals surface area contributed by atoms with Gasteiger partial charge in [0.25, 0.3) is 0 Å². The van der Waals surface area contributed by atoms with Crippen LogP contribution in [0, 0.1) is 13.8 Å². The monoisotopic (exact) mass is 232 g/mol. The molecule has 0 radical (unpaired) electrons. The first-order chi connectivity index (χ1) is 8.20. The molecular formula is C15H24N2. The number of aryl methyl sites for hydroxylation is 2. The van der Waals surface area contributed by atoms with E-state index in [-0.39, 0.29) is 0 Å². The maximum absolute atomic E-state index is 5.98. The number of likely N-dealkylation sites (tertiary alicyclic amines) is 1. The van der Waals surface area contributed by atoms with Gasteiger partial charge in [0.1, 0.15) is 0 Å². The lowest BCUT2D eigenvalue weighted by atomic mass is 9.93. The van der Waals surface area contributed by atoms with Crippen LogP contribution in [-0.2, 0) is 0 Å². The molecule has 2 heteroatoms. The predicted octanol–water partition coefficient (Wildman–Crippen LogP) is 2.44. The van der Waals surface area contributed by atoms with Crippen molar-refractivity contribution in [1.29, 1.82) is 0 Å². The lowest BCUT2D eigenvalue weighted by Gasteiger charge is -2.24. The summed E-state index contributed by atoms with van der Waals surface area (Å²) in [4.78, 5) is 2.55. The summed E-state index contributed by atoms with van der Waals surface area (Å²) in [5.74, 6) is 0.494. The highest BCUT2D eigenvalue weighted by Gasteiger charge is 2.19. The van der Waals surface area contributed by atoms with Crippen LogP contribution in [0.25, 0.3) is 0 Å². The Morgan fingerprint density at radius 2 is 1.94 bits per heavy atom. The van der Waals surface area contributed by atoms with Gasteiger partial charge >= 0.3 is 0 Å². The van der Waals surface area contributed by atoms with E-state index in [1.54, 1.807) is 0 Å². The van der Waals surface area contributed by atoms with Crippen LogP contribution in [0.4, 0.5) is 0 Å². The third-order valence-corrected chi connectivity index (χ3v) is 3.84. The standard InChI is InChI=1S/C15H24N2/c1-12-5-6-13(2)15(9-12)14(10-16)11-17-7-3-4-8-17/h5-6,9,14H,3-4,7-8,10-11,16H2,1-2H3. The summed E-state index contributed by atoms with van der Waals surface area (Å²) in [6.45, 7) is 8.73. The summed E-state index contributed by atoms with van der Waals surface area (Å²) < 4.78 is 0. The Balaban J connectivity index is 2.13. The van der Waals surface area contributed by atoms with E-state index < -0.39 is 0 Å². The average molecular weight is 232 g/mol. The number of nitrogens with zero attached hydrogens (tertiary/aromatic N) is 1. The third kappa shape index (κ3) is 3.08. The summed E-state index contributed by atoms with van der Waals surface area (Å²) in [6, 6.07) is 6.71. The molecule has 1 saturated heterocycles. The van der Waals surface area contributed by atoms with E-state index in [0.717, 1.165) is 13.1 Å².